The first-order chi connectivity index (χ1) is 20.6. The SMILES string of the molecule is CCCCCCCCCCCCCCCCOC[C@H](COP(=O)([O-])OCC[N+](C)(C)C)OC(=O)CCCCCCCCC. The summed E-state index contributed by atoms with van der Waals surface area (Å²) in [6.45, 7) is 5.38. The quantitative estimate of drug-likeness (QED) is 0.0308. The molecule has 0 bridgehead atoms. The van der Waals surface area contributed by atoms with Crippen molar-refractivity contribution in [1.29, 1.82) is 0 Å². The number of phosphoric ester groups is 1. The predicted octanol–water partition coefficient (Wildman–Crippen LogP) is 8.74. The summed E-state index contributed by atoms with van der Waals surface area (Å²) in [5.41, 5.74) is 0. The first-order valence-electron chi connectivity index (χ1n) is 17.8. The standard InChI is InChI=1S/C34H70NO7P/c1-6-8-10-12-14-15-16-17-18-19-20-22-24-26-29-39-31-33(32-41-43(37,38)40-30-28-35(3,4)5)42-34(36)27-25-23-21-13-11-9-7-2/h33H,6-32H2,1-5H3/t33-/m1/s1. The van der Waals surface area contributed by atoms with Crippen molar-refractivity contribution >= 4 is 13.8 Å². The van der Waals surface area contributed by atoms with Gasteiger partial charge in [-0.25, -0.2) is 0 Å². The van der Waals surface area contributed by atoms with E-state index in [1.165, 1.54) is 103 Å². The molecule has 1 unspecified atom stereocenters. The van der Waals surface area contributed by atoms with Gasteiger partial charge in [0.2, 0.25) is 0 Å². The zero-order valence-electron chi connectivity index (χ0n) is 28.9. The van der Waals surface area contributed by atoms with Gasteiger partial charge < -0.3 is 27.9 Å². The van der Waals surface area contributed by atoms with Gasteiger partial charge in [-0.15, -0.1) is 0 Å². The number of hydrogen-bond donors (Lipinski definition) is 0. The minimum absolute atomic E-state index is 0.0304. The lowest BCUT2D eigenvalue weighted by Gasteiger charge is -2.28. The lowest BCUT2D eigenvalue weighted by molar-refractivity contribution is -0.870. The van der Waals surface area contributed by atoms with Crippen LogP contribution < -0.4 is 4.89 Å². The molecule has 0 rings (SSSR count). The largest absolute Gasteiger partial charge is 0.756 e. The molecule has 0 aliphatic carbocycles. The molecule has 0 aromatic heterocycles. The van der Waals surface area contributed by atoms with Crippen molar-refractivity contribution in [2.24, 2.45) is 0 Å². The van der Waals surface area contributed by atoms with Gasteiger partial charge in [-0.3, -0.25) is 9.36 Å². The second-order valence-electron chi connectivity index (χ2n) is 13.2. The average Bonchev–Trinajstić information content (AvgIpc) is 2.94. The highest BCUT2D eigenvalue weighted by Crippen LogP contribution is 2.38. The number of hydrogen-bond acceptors (Lipinski definition) is 7. The molecule has 0 aliphatic rings. The molecule has 0 amide bonds. The van der Waals surface area contributed by atoms with Crippen molar-refractivity contribution in [2.75, 3.05) is 54.1 Å². The molecule has 0 spiro atoms. The van der Waals surface area contributed by atoms with E-state index in [-0.39, 0.29) is 25.8 Å². The van der Waals surface area contributed by atoms with E-state index in [1.54, 1.807) is 0 Å². The lowest BCUT2D eigenvalue weighted by Crippen LogP contribution is -2.37. The number of rotatable bonds is 33. The summed E-state index contributed by atoms with van der Waals surface area (Å²) in [5, 5.41) is 0. The monoisotopic (exact) mass is 635 g/mol. The van der Waals surface area contributed by atoms with E-state index in [2.05, 4.69) is 13.8 Å². The zero-order valence-corrected chi connectivity index (χ0v) is 29.8. The van der Waals surface area contributed by atoms with Gasteiger partial charge in [0.15, 0.2) is 0 Å². The van der Waals surface area contributed by atoms with Gasteiger partial charge in [-0.1, -0.05) is 136 Å². The summed E-state index contributed by atoms with van der Waals surface area (Å²) in [5.74, 6) is -0.339. The minimum atomic E-state index is -4.50. The third-order valence-corrected chi connectivity index (χ3v) is 8.62. The topological polar surface area (TPSA) is 94.1 Å². The molecular weight excluding hydrogens is 565 g/mol. The first kappa shape index (κ1) is 42.5. The summed E-state index contributed by atoms with van der Waals surface area (Å²) < 4.78 is 34.2. The fourth-order valence-corrected chi connectivity index (χ4v) is 5.57. The Morgan fingerprint density at radius 3 is 1.53 bits per heavy atom. The number of unbranched alkanes of at least 4 members (excludes halogenated alkanes) is 19. The van der Waals surface area contributed by atoms with Gasteiger partial charge >= 0.3 is 5.97 Å². The maximum Gasteiger partial charge on any atom is 0.306 e. The van der Waals surface area contributed by atoms with Crippen molar-refractivity contribution in [1.82, 2.24) is 0 Å². The Morgan fingerprint density at radius 1 is 0.628 bits per heavy atom. The van der Waals surface area contributed by atoms with Crippen molar-refractivity contribution in [3.8, 4) is 0 Å². The number of esters is 1. The Bertz CT molecular complexity index is 672. The Morgan fingerprint density at radius 2 is 1.07 bits per heavy atom. The smallest absolute Gasteiger partial charge is 0.306 e. The Hall–Kier alpha value is -0.500. The van der Waals surface area contributed by atoms with Crippen LogP contribution in [-0.4, -0.2) is 70.7 Å². The van der Waals surface area contributed by atoms with Crippen LogP contribution in [0.1, 0.15) is 155 Å². The molecule has 0 heterocycles. The van der Waals surface area contributed by atoms with Crippen LogP contribution in [0.25, 0.3) is 0 Å². The highest BCUT2D eigenvalue weighted by Gasteiger charge is 2.20. The molecule has 0 N–H and O–H groups in total. The third-order valence-electron chi connectivity index (χ3n) is 7.66. The maximum atomic E-state index is 12.5. The molecule has 0 aromatic rings. The third kappa shape index (κ3) is 32.7. The van der Waals surface area contributed by atoms with Gasteiger partial charge in [0.05, 0.1) is 34.4 Å². The summed E-state index contributed by atoms with van der Waals surface area (Å²) in [6.07, 6.45) is 25.5. The summed E-state index contributed by atoms with van der Waals surface area (Å²) in [6, 6.07) is 0. The maximum absolute atomic E-state index is 12.5. The lowest BCUT2D eigenvalue weighted by atomic mass is 10.0. The average molecular weight is 636 g/mol. The van der Waals surface area contributed by atoms with Crippen molar-refractivity contribution in [2.45, 2.75) is 161 Å². The number of carbonyl (C=O) groups excluding carboxylic acids is 1. The molecule has 9 heteroatoms. The molecule has 0 saturated heterocycles. The van der Waals surface area contributed by atoms with Crippen LogP contribution in [0, 0.1) is 0 Å². The fourth-order valence-electron chi connectivity index (χ4n) is 4.84. The second kappa shape index (κ2) is 28.9. The Kier molecular flexibility index (Phi) is 28.6. The molecular formula is C34H70NO7P. The predicted molar refractivity (Wildman–Crippen MR) is 176 cm³/mol. The van der Waals surface area contributed by atoms with Crippen molar-refractivity contribution < 1.29 is 37.3 Å². The number of quaternary nitrogens is 1. The van der Waals surface area contributed by atoms with Crippen LogP contribution in [0.2, 0.25) is 0 Å². The molecule has 258 valence electrons. The number of phosphoric acid groups is 1. The van der Waals surface area contributed by atoms with Gasteiger partial charge in [-0.2, -0.15) is 0 Å². The molecule has 2 atom stereocenters. The number of likely N-dealkylation sites (N-methyl/N-ethyl adjacent to an activating group) is 1. The molecule has 0 aliphatic heterocycles. The molecule has 0 aromatic carbocycles. The van der Waals surface area contributed by atoms with E-state index in [9.17, 15) is 14.3 Å². The Balaban J connectivity index is 4.23. The normalized spacial score (nSPS) is 14.1. The van der Waals surface area contributed by atoms with E-state index in [0.717, 1.165) is 32.1 Å². The van der Waals surface area contributed by atoms with Crippen molar-refractivity contribution in [3.05, 3.63) is 0 Å². The molecule has 0 radical (unpaired) electrons. The summed E-state index contributed by atoms with van der Waals surface area (Å²) in [7, 11) is 1.36. The van der Waals surface area contributed by atoms with Crippen LogP contribution >= 0.6 is 7.82 Å². The first-order valence-corrected chi connectivity index (χ1v) is 19.2. The minimum Gasteiger partial charge on any atom is -0.756 e. The number of ether oxygens (including phenoxy) is 2. The van der Waals surface area contributed by atoms with E-state index in [1.807, 2.05) is 21.1 Å². The highest BCUT2D eigenvalue weighted by atomic mass is 31.2. The van der Waals surface area contributed by atoms with Crippen LogP contribution in [0.3, 0.4) is 0 Å². The highest BCUT2D eigenvalue weighted by molar-refractivity contribution is 7.45. The van der Waals surface area contributed by atoms with E-state index in [4.69, 9.17) is 18.5 Å². The van der Waals surface area contributed by atoms with Gasteiger partial charge in [-0.05, 0) is 12.8 Å². The molecule has 0 saturated carbocycles. The van der Waals surface area contributed by atoms with E-state index >= 15 is 0 Å². The number of carbonyl (C=O) groups is 1. The van der Waals surface area contributed by atoms with Gasteiger partial charge in [0.25, 0.3) is 7.82 Å². The fraction of sp³-hybridized carbons (Fsp3) is 0.971. The van der Waals surface area contributed by atoms with Crippen LogP contribution in [0.5, 0.6) is 0 Å². The summed E-state index contributed by atoms with van der Waals surface area (Å²) >= 11 is 0. The van der Waals surface area contributed by atoms with E-state index < -0.39 is 13.9 Å². The second-order valence-corrected chi connectivity index (χ2v) is 14.7. The zero-order chi connectivity index (χ0) is 32.1. The van der Waals surface area contributed by atoms with E-state index in [0.29, 0.717) is 24.1 Å². The van der Waals surface area contributed by atoms with Crippen LogP contribution in [-0.2, 0) is 27.9 Å². The summed E-state index contributed by atoms with van der Waals surface area (Å²) in [4.78, 5) is 24.7. The van der Waals surface area contributed by atoms with Gasteiger partial charge in [0, 0.05) is 13.0 Å². The molecule has 8 nitrogen and oxygen atoms in total. The number of nitrogens with zero attached hydrogens (tertiary/aromatic N) is 1. The van der Waals surface area contributed by atoms with Gasteiger partial charge in [0.1, 0.15) is 19.3 Å². The molecule has 43 heavy (non-hydrogen) atoms. The molecule has 0 fully saturated rings. The Labute approximate surface area is 266 Å². The van der Waals surface area contributed by atoms with Crippen molar-refractivity contribution in [3.63, 3.8) is 0 Å². The van der Waals surface area contributed by atoms with Crippen LogP contribution in [0.4, 0.5) is 0 Å². The van der Waals surface area contributed by atoms with Crippen LogP contribution in [0.15, 0.2) is 0 Å².